The van der Waals surface area contributed by atoms with Crippen molar-refractivity contribution >= 4 is 5.82 Å². The quantitative estimate of drug-likeness (QED) is 0.800. The minimum atomic E-state index is 0.765. The Bertz CT molecular complexity index is 396. The van der Waals surface area contributed by atoms with Gasteiger partial charge in [-0.2, -0.15) is 0 Å². The fourth-order valence-corrected chi connectivity index (χ4v) is 2.46. The third-order valence-corrected chi connectivity index (χ3v) is 3.84. The van der Waals surface area contributed by atoms with Crippen LogP contribution in [0.3, 0.4) is 0 Å². The summed E-state index contributed by atoms with van der Waals surface area (Å²) in [5.41, 5.74) is 1.35. The fourth-order valence-electron chi connectivity index (χ4n) is 2.46. The van der Waals surface area contributed by atoms with Crippen LogP contribution in [-0.4, -0.2) is 24.1 Å². The van der Waals surface area contributed by atoms with Gasteiger partial charge < -0.3 is 10.2 Å². The average molecular weight is 245 g/mol. The molecule has 2 aliphatic carbocycles. The number of hydrogen-bond acceptors (Lipinski definition) is 3. The number of rotatable bonds is 7. The van der Waals surface area contributed by atoms with Crippen LogP contribution in [0.1, 0.15) is 38.2 Å². The molecule has 1 heterocycles. The van der Waals surface area contributed by atoms with Crippen molar-refractivity contribution in [2.75, 3.05) is 18.0 Å². The molecular weight excluding hydrogens is 222 g/mol. The molecule has 0 atom stereocenters. The van der Waals surface area contributed by atoms with Crippen molar-refractivity contribution in [1.82, 2.24) is 10.3 Å². The van der Waals surface area contributed by atoms with E-state index in [4.69, 9.17) is 0 Å². The summed E-state index contributed by atoms with van der Waals surface area (Å²) in [7, 11) is 0. The number of anilines is 1. The summed E-state index contributed by atoms with van der Waals surface area (Å²) in [4.78, 5) is 7.23. The molecule has 3 nitrogen and oxygen atoms in total. The molecule has 98 valence electrons. The van der Waals surface area contributed by atoms with Gasteiger partial charge in [-0.15, -0.1) is 0 Å². The molecule has 2 fully saturated rings. The van der Waals surface area contributed by atoms with Gasteiger partial charge in [0.2, 0.25) is 0 Å². The molecule has 1 aromatic rings. The van der Waals surface area contributed by atoms with Gasteiger partial charge in [-0.05, 0) is 44.2 Å². The number of pyridine rings is 1. The summed E-state index contributed by atoms with van der Waals surface area (Å²) in [5.74, 6) is 2.16. The Balaban J connectivity index is 1.78. The first-order chi connectivity index (χ1) is 8.88. The first-order valence-corrected chi connectivity index (χ1v) is 7.29. The normalized spacial score (nSPS) is 18.9. The van der Waals surface area contributed by atoms with Crippen molar-refractivity contribution in [1.29, 1.82) is 0 Å². The van der Waals surface area contributed by atoms with Crippen LogP contribution in [0.15, 0.2) is 18.3 Å². The standard InChI is InChI=1S/C15H23N3/c1-2-16-10-13-4-3-9-17-15(13)18(14-7-8-14)11-12-5-6-12/h3-4,9,12,14,16H,2,5-8,10-11H2,1H3. The van der Waals surface area contributed by atoms with Crippen LogP contribution in [-0.2, 0) is 6.54 Å². The lowest BCUT2D eigenvalue weighted by Gasteiger charge is -2.26. The van der Waals surface area contributed by atoms with E-state index in [9.17, 15) is 0 Å². The summed E-state index contributed by atoms with van der Waals surface area (Å²) < 4.78 is 0. The first kappa shape index (κ1) is 12.0. The lowest BCUT2D eigenvalue weighted by atomic mass is 10.2. The summed E-state index contributed by atoms with van der Waals surface area (Å²) >= 11 is 0. The topological polar surface area (TPSA) is 28.2 Å². The molecule has 2 saturated carbocycles. The molecule has 0 bridgehead atoms. The van der Waals surface area contributed by atoms with E-state index in [1.54, 1.807) is 0 Å². The van der Waals surface area contributed by atoms with Gasteiger partial charge in [0, 0.05) is 30.9 Å². The van der Waals surface area contributed by atoms with Gasteiger partial charge >= 0.3 is 0 Å². The number of aromatic nitrogens is 1. The van der Waals surface area contributed by atoms with Crippen LogP contribution < -0.4 is 10.2 Å². The van der Waals surface area contributed by atoms with Crippen LogP contribution >= 0.6 is 0 Å². The average Bonchev–Trinajstić information content (AvgIpc) is 3.27. The van der Waals surface area contributed by atoms with E-state index in [-0.39, 0.29) is 0 Å². The van der Waals surface area contributed by atoms with E-state index in [0.717, 1.165) is 25.0 Å². The number of nitrogens with one attached hydrogen (secondary N) is 1. The van der Waals surface area contributed by atoms with Gasteiger partial charge in [-0.25, -0.2) is 4.98 Å². The molecule has 0 aromatic carbocycles. The van der Waals surface area contributed by atoms with Crippen molar-refractivity contribution in [3.8, 4) is 0 Å². The highest BCUT2D eigenvalue weighted by Gasteiger charge is 2.35. The summed E-state index contributed by atoms with van der Waals surface area (Å²) in [6.07, 6.45) is 7.47. The van der Waals surface area contributed by atoms with Crippen LogP contribution in [0.25, 0.3) is 0 Å². The van der Waals surface area contributed by atoms with Crippen molar-refractivity contribution in [2.45, 2.75) is 45.2 Å². The zero-order valence-electron chi connectivity index (χ0n) is 11.2. The predicted octanol–water partition coefficient (Wildman–Crippen LogP) is 2.57. The highest BCUT2D eigenvalue weighted by atomic mass is 15.2. The first-order valence-electron chi connectivity index (χ1n) is 7.29. The van der Waals surface area contributed by atoms with Gasteiger partial charge in [0.25, 0.3) is 0 Å². The Hall–Kier alpha value is -1.09. The lowest BCUT2D eigenvalue weighted by Crippen LogP contribution is -2.30. The smallest absolute Gasteiger partial charge is 0.133 e. The Labute approximate surface area is 110 Å². The molecule has 3 heteroatoms. The molecule has 3 rings (SSSR count). The number of nitrogens with zero attached hydrogens (tertiary/aromatic N) is 2. The maximum Gasteiger partial charge on any atom is 0.133 e. The lowest BCUT2D eigenvalue weighted by molar-refractivity contribution is 0.684. The number of hydrogen-bond donors (Lipinski definition) is 1. The third-order valence-electron chi connectivity index (χ3n) is 3.84. The molecule has 18 heavy (non-hydrogen) atoms. The predicted molar refractivity (Wildman–Crippen MR) is 74.7 cm³/mol. The Morgan fingerprint density at radius 3 is 2.83 bits per heavy atom. The van der Waals surface area contributed by atoms with Crippen molar-refractivity contribution in [2.24, 2.45) is 5.92 Å². The van der Waals surface area contributed by atoms with Crippen molar-refractivity contribution in [3.05, 3.63) is 23.9 Å². The minimum absolute atomic E-state index is 0.765. The maximum atomic E-state index is 4.66. The van der Waals surface area contributed by atoms with Gasteiger partial charge in [-0.3, -0.25) is 0 Å². The molecule has 2 aliphatic rings. The Kier molecular flexibility index (Phi) is 3.50. The largest absolute Gasteiger partial charge is 0.353 e. The summed E-state index contributed by atoms with van der Waals surface area (Å²) in [6, 6.07) is 5.03. The SMILES string of the molecule is CCNCc1cccnc1N(CC1CC1)C1CC1. The Morgan fingerprint density at radius 2 is 2.17 bits per heavy atom. The van der Waals surface area contributed by atoms with Gasteiger partial charge in [-0.1, -0.05) is 13.0 Å². The second-order valence-electron chi connectivity index (χ2n) is 5.59. The Morgan fingerprint density at radius 1 is 1.33 bits per heavy atom. The van der Waals surface area contributed by atoms with E-state index in [2.05, 4.69) is 34.3 Å². The fraction of sp³-hybridized carbons (Fsp3) is 0.667. The van der Waals surface area contributed by atoms with E-state index in [0.29, 0.717) is 0 Å². The molecule has 0 spiro atoms. The molecule has 1 N–H and O–H groups in total. The highest BCUT2D eigenvalue weighted by molar-refractivity contribution is 5.49. The van der Waals surface area contributed by atoms with Crippen molar-refractivity contribution < 1.29 is 0 Å². The van der Waals surface area contributed by atoms with Crippen LogP contribution in [0.5, 0.6) is 0 Å². The molecule has 0 saturated heterocycles. The minimum Gasteiger partial charge on any atom is -0.353 e. The molecule has 0 radical (unpaired) electrons. The molecular formula is C15H23N3. The van der Waals surface area contributed by atoms with Gasteiger partial charge in [0.1, 0.15) is 5.82 Å². The maximum absolute atomic E-state index is 4.66. The van der Waals surface area contributed by atoms with E-state index in [1.165, 1.54) is 43.6 Å². The zero-order chi connectivity index (χ0) is 12.4. The molecule has 0 amide bonds. The highest BCUT2D eigenvalue weighted by Crippen LogP contribution is 2.37. The van der Waals surface area contributed by atoms with E-state index < -0.39 is 0 Å². The van der Waals surface area contributed by atoms with Crippen molar-refractivity contribution in [3.63, 3.8) is 0 Å². The molecule has 0 unspecified atom stereocenters. The molecule has 0 aliphatic heterocycles. The van der Waals surface area contributed by atoms with Crippen LogP contribution in [0, 0.1) is 5.92 Å². The second-order valence-corrected chi connectivity index (χ2v) is 5.59. The van der Waals surface area contributed by atoms with E-state index >= 15 is 0 Å². The monoisotopic (exact) mass is 245 g/mol. The second kappa shape index (κ2) is 5.27. The zero-order valence-corrected chi connectivity index (χ0v) is 11.2. The molecule has 1 aromatic heterocycles. The van der Waals surface area contributed by atoms with Crippen LogP contribution in [0.4, 0.5) is 5.82 Å². The van der Waals surface area contributed by atoms with Gasteiger partial charge in [0.05, 0.1) is 0 Å². The van der Waals surface area contributed by atoms with E-state index in [1.807, 2.05) is 6.20 Å². The van der Waals surface area contributed by atoms with Gasteiger partial charge in [0.15, 0.2) is 0 Å². The third kappa shape index (κ3) is 2.83. The summed E-state index contributed by atoms with van der Waals surface area (Å²) in [6.45, 7) is 5.33. The van der Waals surface area contributed by atoms with Crippen LogP contribution in [0.2, 0.25) is 0 Å². The summed E-state index contributed by atoms with van der Waals surface area (Å²) in [5, 5.41) is 3.42.